The molecule has 166 valence electrons. The molecule has 1 aromatic carbocycles. The predicted octanol–water partition coefficient (Wildman–Crippen LogP) is 1.78. The van der Waals surface area contributed by atoms with Crippen LogP contribution in [0.15, 0.2) is 72.4 Å². The third-order valence-corrected chi connectivity index (χ3v) is 5.22. The maximum atomic E-state index is 13.2. The second-order valence-electron chi connectivity index (χ2n) is 7.57. The van der Waals surface area contributed by atoms with Crippen molar-refractivity contribution in [2.45, 2.75) is 19.0 Å². The molecule has 1 aliphatic heterocycles. The van der Waals surface area contributed by atoms with Crippen molar-refractivity contribution in [2.24, 2.45) is 10.8 Å². The number of aromatic nitrogens is 4. The molecular formula is C22H19FN8O2. The number of carbonyl (C=O) groups is 2. The largest absolute Gasteiger partial charge is 0.368 e. The van der Waals surface area contributed by atoms with E-state index in [0.29, 0.717) is 17.9 Å². The van der Waals surface area contributed by atoms with Crippen molar-refractivity contribution in [3.05, 3.63) is 78.8 Å². The number of nitrogens with two attached hydrogens (primary N) is 1. The minimum Gasteiger partial charge on any atom is -0.368 e. The average Bonchev–Trinajstić information content (AvgIpc) is 3.52. The molecule has 0 spiro atoms. The van der Waals surface area contributed by atoms with Gasteiger partial charge in [-0.3, -0.25) is 19.3 Å². The van der Waals surface area contributed by atoms with Crippen molar-refractivity contribution < 1.29 is 14.0 Å². The van der Waals surface area contributed by atoms with Crippen molar-refractivity contribution in [1.29, 1.82) is 0 Å². The smallest absolute Gasteiger partial charge is 0.272 e. The van der Waals surface area contributed by atoms with Gasteiger partial charge in [-0.15, -0.1) is 0 Å². The molecule has 2 amide bonds. The van der Waals surface area contributed by atoms with Crippen LogP contribution in [0, 0.1) is 5.82 Å². The Hall–Kier alpha value is -4.54. The molecule has 4 heterocycles. The standard InChI is InChI=1S/C22H19FN8O2/c23-14-4-6-17(7-5-14)31-19(21(24)32)9-18(28-31)22(33)27-15-10-25-30(12-15)13-16-11-29-8-2-1-3-20(29)26-16/h1-8,10-12,19H,9,13H2,(H2,24,32)(H,27,33). The number of halogens is 1. The van der Waals surface area contributed by atoms with Crippen molar-refractivity contribution in [2.75, 3.05) is 10.3 Å². The van der Waals surface area contributed by atoms with Crippen molar-refractivity contribution in [3.63, 3.8) is 0 Å². The summed E-state index contributed by atoms with van der Waals surface area (Å²) in [5.41, 5.74) is 8.22. The lowest BCUT2D eigenvalue weighted by Crippen LogP contribution is -2.39. The first-order valence-electron chi connectivity index (χ1n) is 10.1. The fraction of sp³-hybridized carbons (Fsp3) is 0.136. The third-order valence-electron chi connectivity index (χ3n) is 5.22. The molecule has 5 rings (SSSR count). The fourth-order valence-electron chi connectivity index (χ4n) is 3.65. The highest BCUT2D eigenvalue weighted by molar-refractivity contribution is 6.44. The number of hydrazone groups is 1. The number of benzene rings is 1. The van der Waals surface area contributed by atoms with Crippen LogP contribution in [0.5, 0.6) is 0 Å². The lowest BCUT2D eigenvalue weighted by Gasteiger charge is -2.20. The first-order chi connectivity index (χ1) is 16.0. The predicted molar refractivity (Wildman–Crippen MR) is 119 cm³/mol. The number of hydrogen-bond acceptors (Lipinski definition) is 6. The SMILES string of the molecule is NC(=O)C1CC(C(=O)Nc2cnn(Cc3cn4ccccc4n3)c2)=NN1c1ccc(F)cc1. The molecule has 0 saturated carbocycles. The van der Waals surface area contributed by atoms with E-state index >= 15 is 0 Å². The zero-order chi connectivity index (χ0) is 22.9. The Bertz CT molecular complexity index is 1340. The lowest BCUT2D eigenvalue weighted by molar-refractivity contribution is -0.119. The highest BCUT2D eigenvalue weighted by Gasteiger charge is 2.35. The molecule has 33 heavy (non-hydrogen) atoms. The Morgan fingerprint density at radius 1 is 1.15 bits per heavy atom. The summed E-state index contributed by atoms with van der Waals surface area (Å²) in [7, 11) is 0. The summed E-state index contributed by atoms with van der Waals surface area (Å²) in [5, 5.41) is 12.6. The molecule has 0 radical (unpaired) electrons. The average molecular weight is 446 g/mol. The molecular weight excluding hydrogens is 427 g/mol. The van der Waals surface area contributed by atoms with Gasteiger partial charge < -0.3 is 15.5 Å². The van der Waals surface area contributed by atoms with Crippen molar-refractivity contribution >= 4 is 34.5 Å². The number of fused-ring (bicyclic) bond motifs is 1. The number of amides is 2. The molecule has 1 aliphatic rings. The van der Waals surface area contributed by atoms with Gasteiger partial charge in [-0.25, -0.2) is 9.37 Å². The van der Waals surface area contributed by atoms with Crippen LogP contribution in [0.1, 0.15) is 12.1 Å². The number of primary amides is 1. The molecule has 11 heteroatoms. The second kappa shape index (κ2) is 8.19. The fourth-order valence-corrected chi connectivity index (χ4v) is 3.65. The lowest BCUT2D eigenvalue weighted by atomic mass is 10.1. The number of carbonyl (C=O) groups excluding carboxylic acids is 2. The Balaban J connectivity index is 1.29. The molecule has 0 aliphatic carbocycles. The molecule has 10 nitrogen and oxygen atoms in total. The Kier molecular flexibility index (Phi) is 5.05. The van der Waals surface area contributed by atoms with E-state index in [9.17, 15) is 14.0 Å². The maximum Gasteiger partial charge on any atom is 0.272 e. The van der Waals surface area contributed by atoms with Gasteiger partial charge in [-0.1, -0.05) is 6.07 Å². The van der Waals surface area contributed by atoms with Gasteiger partial charge in [0, 0.05) is 25.0 Å². The van der Waals surface area contributed by atoms with Gasteiger partial charge in [0.05, 0.1) is 29.8 Å². The van der Waals surface area contributed by atoms with Crippen LogP contribution < -0.4 is 16.1 Å². The number of nitrogens with zero attached hydrogens (tertiary/aromatic N) is 6. The van der Waals surface area contributed by atoms with E-state index < -0.39 is 23.7 Å². The minimum atomic E-state index is -0.839. The number of hydrogen-bond donors (Lipinski definition) is 2. The minimum absolute atomic E-state index is 0.0356. The van der Waals surface area contributed by atoms with E-state index in [1.165, 1.54) is 35.5 Å². The quantitative estimate of drug-likeness (QED) is 0.467. The highest BCUT2D eigenvalue weighted by Crippen LogP contribution is 2.25. The maximum absolute atomic E-state index is 13.2. The Morgan fingerprint density at radius 3 is 2.73 bits per heavy atom. The number of imidazole rings is 1. The summed E-state index contributed by atoms with van der Waals surface area (Å²) in [6.45, 7) is 0.431. The van der Waals surface area contributed by atoms with Crippen LogP contribution >= 0.6 is 0 Å². The summed E-state index contributed by atoms with van der Waals surface area (Å²) in [6, 6.07) is 10.4. The first-order valence-corrected chi connectivity index (χ1v) is 10.1. The van der Waals surface area contributed by atoms with Crippen LogP contribution in [0.2, 0.25) is 0 Å². The molecule has 0 saturated heterocycles. The van der Waals surface area contributed by atoms with Gasteiger partial charge in [-0.2, -0.15) is 10.2 Å². The number of rotatable bonds is 6. The van der Waals surface area contributed by atoms with E-state index in [1.54, 1.807) is 10.9 Å². The summed E-state index contributed by atoms with van der Waals surface area (Å²) >= 11 is 0. The number of nitrogens with one attached hydrogen (secondary N) is 1. The third kappa shape index (κ3) is 4.15. The van der Waals surface area contributed by atoms with Crippen LogP contribution in [0.25, 0.3) is 5.65 Å². The van der Waals surface area contributed by atoms with Gasteiger partial charge in [0.25, 0.3) is 5.91 Å². The highest BCUT2D eigenvalue weighted by atomic mass is 19.1. The molecule has 3 N–H and O–H groups in total. The molecule has 0 bridgehead atoms. The Labute approximate surface area is 187 Å². The summed E-state index contributed by atoms with van der Waals surface area (Å²) < 4.78 is 16.8. The van der Waals surface area contributed by atoms with Crippen molar-refractivity contribution in [1.82, 2.24) is 19.2 Å². The summed E-state index contributed by atoms with van der Waals surface area (Å²) in [5.74, 6) is -1.53. The molecule has 0 fully saturated rings. The van der Waals surface area contributed by atoms with Crippen LogP contribution in [0.3, 0.4) is 0 Å². The van der Waals surface area contributed by atoms with E-state index in [4.69, 9.17) is 5.73 Å². The van der Waals surface area contributed by atoms with E-state index in [1.807, 2.05) is 35.0 Å². The topological polar surface area (TPSA) is 123 Å². The molecule has 4 aromatic rings. The number of pyridine rings is 1. The monoisotopic (exact) mass is 446 g/mol. The van der Waals surface area contributed by atoms with E-state index in [2.05, 4.69) is 20.5 Å². The van der Waals surface area contributed by atoms with Crippen LogP contribution in [-0.2, 0) is 16.1 Å². The van der Waals surface area contributed by atoms with Crippen LogP contribution in [0.4, 0.5) is 15.8 Å². The van der Waals surface area contributed by atoms with Gasteiger partial charge >= 0.3 is 0 Å². The molecule has 1 unspecified atom stereocenters. The summed E-state index contributed by atoms with van der Waals surface area (Å²) in [4.78, 5) is 29.2. The van der Waals surface area contributed by atoms with E-state index in [0.717, 1.165) is 11.3 Å². The van der Waals surface area contributed by atoms with Crippen molar-refractivity contribution in [3.8, 4) is 0 Å². The first kappa shape index (κ1) is 20.4. The Morgan fingerprint density at radius 2 is 1.97 bits per heavy atom. The van der Waals surface area contributed by atoms with Gasteiger partial charge in [0.2, 0.25) is 5.91 Å². The van der Waals surface area contributed by atoms with E-state index in [-0.39, 0.29) is 12.1 Å². The molecule has 1 atom stereocenters. The van der Waals surface area contributed by atoms with Gasteiger partial charge in [0.15, 0.2) is 0 Å². The second-order valence-corrected chi connectivity index (χ2v) is 7.57. The zero-order valence-corrected chi connectivity index (χ0v) is 17.3. The van der Waals surface area contributed by atoms with Crippen LogP contribution in [-0.4, -0.2) is 42.7 Å². The zero-order valence-electron chi connectivity index (χ0n) is 17.3. The molecule has 3 aromatic heterocycles. The summed E-state index contributed by atoms with van der Waals surface area (Å²) in [6.07, 6.45) is 7.06. The number of anilines is 2. The van der Waals surface area contributed by atoms with Gasteiger partial charge in [-0.05, 0) is 36.4 Å². The normalized spacial score (nSPS) is 15.6. The van der Waals surface area contributed by atoms with Gasteiger partial charge in [0.1, 0.15) is 23.2 Å².